The summed E-state index contributed by atoms with van der Waals surface area (Å²) in [5.41, 5.74) is 3.20. The predicted molar refractivity (Wildman–Crippen MR) is 137 cm³/mol. The van der Waals surface area contributed by atoms with Crippen molar-refractivity contribution in [1.29, 1.82) is 0 Å². The highest BCUT2D eigenvalue weighted by Gasteiger charge is 2.80. The summed E-state index contributed by atoms with van der Waals surface area (Å²) < 4.78 is 11.0. The fourth-order valence-electron chi connectivity index (χ4n) is 10.5. The van der Waals surface area contributed by atoms with Crippen LogP contribution in [0.25, 0.3) is 0 Å². The van der Waals surface area contributed by atoms with E-state index in [1.54, 1.807) is 0 Å². The van der Waals surface area contributed by atoms with Crippen LogP contribution in [0.15, 0.2) is 23.8 Å². The van der Waals surface area contributed by atoms with Crippen LogP contribution < -0.4 is 0 Å². The van der Waals surface area contributed by atoms with Gasteiger partial charge in [0.25, 0.3) is 0 Å². The minimum atomic E-state index is -0.131. The van der Waals surface area contributed by atoms with Crippen molar-refractivity contribution < 1.29 is 19.1 Å². The van der Waals surface area contributed by atoms with Crippen LogP contribution in [0.1, 0.15) is 98.8 Å². The Bertz CT molecular complexity index is 965. The fraction of sp³-hybridized carbons (Fsp3) is 0.806. The monoisotopic (exact) mass is 482 g/mol. The third-order valence-corrected chi connectivity index (χ3v) is 12.6. The van der Waals surface area contributed by atoms with Gasteiger partial charge in [-0.2, -0.15) is 0 Å². The number of esters is 2. The molecule has 0 unspecified atom stereocenters. The van der Waals surface area contributed by atoms with Gasteiger partial charge in [0, 0.05) is 18.4 Å². The summed E-state index contributed by atoms with van der Waals surface area (Å²) in [6.07, 6.45) is 13.2. The molecular formula is C31H46O4. The molecule has 194 valence electrons. The van der Waals surface area contributed by atoms with E-state index in [-0.39, 0.29) is 28.9 Å². The zero-order chi connectivity index (χ0) is 25.4. The first-order valence-corrected chi connectivity index (χ1v) is 14.1. The second kappa shape index (κ2) is 8.21. The number of fused-ring (bicyclic) bond motifs is 2. The molecular weight excluding hydrogens is 436 g/mol. The van der Waals surface area contributed by atoms with E-state index in [9.17, 15) is 9.59 Å². The van der Waals surface area contributed by atoms with Crippen LogP contribution in [-0.2, 0) is 19.1 Å². The lowest BCUT2D eigenvalue weighted by Crippen LogP contribution is -2.55. The lowest BCUT2D eigenvalue weighted by molar-refractivity contribution is -0.155. The second-order valence-corrected chi connectivity index (χ2v) is 13.5. The fourth-order valence-corrected chi connectivity index (χ4v) is 10.5. The number of carbonyl (C=O) groups is 2. The maximum absolute atomic E-state index is 12.3. The van der Waals surface area contributed by atoms with Crippen molar-refractivity contribution in [3.05, 3.63) is 23.8 Å². The third-order valence-electron chi connectivity index (χ3n) is 12.6. The summed E-state index contributed by atoms with van der Waals surface area (Å²) >= 11 is 0. The van der Waals surface area contributed by atoms with Gasteiger partial charge in [0.15, 0.2) is 0 Å². The first-order valence-electron chi connectivity index (χ1n) is 14.1. The molecule has 0 saturated heterocycles. The van der Waals surface area contributed by atoms with Crippen molar-refractivity contribution in [1.82, 2.24) is 0 Å². The Morgan fingerprint density at radius 1 is 1.20 bits per heavy atom. The summed E-state index contributed by atoms with van der Waals surface area (Å²) in [7, 11) is 1.51. The van der Waals surface area contributed by atoms with E-state index < -0.39 is 0 Å². The topological polar surface area (TPSA) is 52.6 Å². The number of rotatable bonds is 6. The highest BCUT2D eigenvalue weighted by Crippen LogP contribution is 2.87. The molecule has 0 aromatic rings. The first-order chi connectivity index (χ1) is 16.5. The van der Waals surface area contributed by atoms with Crippen LogP contribution in [0.2, 0.25) is 0 Å². The SMILES string of the molecule is C=C(C)[C@@H]1CC[C@@H]2[C@]3(CC[C@]4(C)[C@@H]([C@H](C)[C@H]5CC=C(C)C(=O)O5)CC[C@@]24C)C[C@]13CCC(=O)OC. The van der Waals surface area contributed by atoms with Crippen LogP contribution >= 0.6 is 0 Å². The van der Waals surface area contributed by atoms with Crippen molar-refractivity contribution in [2.45, 2.75) is 105 Å². The van der Waals surface area contributed by atoms with Gasteiger partial charge in [-0.1, -0.05) is 39.0 Å². The average molecular weight is 483 g/mol. The van der Waals surface area contributed by atoms with Crippen LogP contribution in [0.4, 0.5) is 0 Å². The van der Waals surface area contributed by atoms with E-state index in [0.717, 1.165) is 18.4 Å². The van der Waals surface area contributed by atoms with E-state index in [4.69, 9.17) is 9.47 Å². The van der Waals surface area contributed by atoms with E-state index in [1.165, 1.54) is 57.6 Å². The number of hydrogen-bond acceptors (Lipinski definition) is 4. The van der Waals surface area contributed by atoms with Crippen LogP contribution in [0.5, 0.6) is 0 Å². The Balaban J connectivity index is 1.42. The van der Waals surface area contributed by atoms with Gasteiger partial charge in [0.1, 0.15) is 6.10 Å². The average Bonchev–Trinajstić information content (AvgIpc) is 3.42. The van der Waals surface area contributed by atoms with Gasteiger partial charge >= 0.3 is 11.9 Å². The molecule has 0 aromatic carbocycles. The Morgan fingerprint density at radius 3 is 2.60 bits per heavy atom. The highest BCUT2D eigenvalue weighted by atomic mass is 16.5. The van der Waals surface area contributed by atoms with Gasteiger partial charge in [-0.3, -0.25) is 4.79 Å². The standard InChI is InChI=1S/C31H46O4/c1-19(2)22-9-11-25-29(6)14-12-23(21(4)24-10-8-20(3)27(33)35-24)28(29,5)16-17-31(25)18-30(22,31)15-13-26(32)34-7/h8,21-25H,1,9-18H2,2-7H3/t21-,22-,23+,24+,25-,28+,29-,30+,31-/m0/s1. The van der Waals surface area contributed by atoms with Crippen LogP contribution in [-0.4, -0.2) is 25.2 Å². The van der Waals surface area contributed by atoms with Crippen molar-refractivity contribution in [2.24, 2.45) is 45.3 Å². The molecule has 1 aliphatic heterocycles. The molecule has 9 atom stereocenters. The molecule has 5 rings (SSSR count). The van der Waals surface area contributed by atoms with Gasteiger partial charge in [0.05, 0.1) is 7.11 Å². The molecule has 4 nitrogen and oxygen atoms in total. The molecule has 5 aliphatic rings. The summed E-state index contributed by atoms with van der Waals surface area (Å²) in [6.45, 7) is 16.0. The molecule has 4 aliphatic carbocycles. The van der Waals surface area contributed by atoms with Crippen molar-refractivity contribution in [3.8, 4) is 0 Å². The molecule has 0 aromatic heterocycles. The van der Waals surface area contributed by atoms with E-state index in [0.29, 0.717) is 40.9 Å². The summed E-state index contributed by atoms with van der Waals surface area (Å²) in [5.74, 6) is 1.99. The van der Waals surface area contributed by atoms with E-state index >= 15 is 0 Å². The Labute approximate surface area is 212 Å². The lowest BCUT2D eigenvalue weighted by atomic mass is 9.43. The second-order valence-electron chi connectivity index (χ2n) is 13.5. The Hall–Kier alpha value is -1.58. The number of ether oxygens (including phenoxy) is 2. The van der Waals surface area contributed by atoms with Crippen molar-refractivity contribution in [2.75, 3.05) is 7.11 Å². The van der Waals surface area contributed by atoms with Gasteiger partial charge in [0.2, 0.25) is 0 Å². The molecule has 0 amide bonds. The smallest absolute Gasteiger partial charge is 0.333 e. The van der Waals surface area contributed by atoms with Crippen molar-refractivity contribution in [3.63, 3.8) is 0 Å². The summed E-state index contributed by atoms with van der Waals surface area (Å²) in [5, 5.41) is 0. The minimum absolute atomic E-state index is 0.00508. The lowest BCUT2D eigenvalue weighted by Gasteiger charge is -2.61. The van der Waals surface area contributed by atoms with Crippen LogP contribution in [0.3, 0.4) is 0 Å². The van der Waals surface area contributed by atoms with E-state index in [1.807, 2.05) is 6.92 Å². The van der Waals surface area contributed by atoms with Gasteiger partial charge < -0.3 is 9.47 Å². The Morgan fingerprint density at radius 2 is 1.94 bits per heavy atom. The van der Waals surface area contributed by atoms with Gasteiger partial charge in [-0.25, -0.2) is 4.79 Å². The third kappa shape index (κ3) is 3.29. The van der Waals surface area contributed by atoms with Crippen LogP contribution in [0, 0.1) is 45.3 Å². The minimum Gasteiger partial charge on any atom is -0.469 e. The molecule has 0 bridgehead atoms. The quantitative estimate of drug-likeness (QED) is 0.301. The van der Waals surface area contributed by atoms with Crippen molar-refractivity contribution >= 4 is 11.9 Å². The molecule has 0 N–H and O–H groups in total. The number of cyclic esters (lactones) is 1. The van der Waals surface area contributed by atoms with Gasteiger partial charge in [-0.05, 0) is 111 Å². The normalized spacial score (nSPS) is 46.9. The largest absolute Gasteiger partial charge is 0.469 e. The Kier molecular flexibility index (Phi) is 5.89. The highest BCUT2D eigenvalue weighted by molar-refractivity contribution is 5.88. The number of allylic oxidation sites excluding steroid dienone is 1. The van der Waals surface area contributed by atoms with E-state index in [2.05, 4.69) is 40.3 Å². The maximum Gasteiger partial charge on any atom is 0.333 e. The number of carbonyl (C=O) groups excluding carboxylic acids is 2. The van der Waals surface area contributed by atoms with Gasteiger partial charge in [-0.15, -0.1) is 0 Å². The number of methoxy groups -OCH3 is 1. The zero-order valence-corrected chi connectivity index (χ0v) is 22.9. The number of hydrogen-bond donors (Lipinski definition) is 0. The summed E-state index contributed by atoms with van der Waals surface area (Å²) in [4.78, 5) is 24.5. The molecule has 35 heavy (non-hydrogen) atoms. The zero-order valence-electron chi connectivity index (χ0n) is 22.9. The molecule has 0 radical (unpaired) electrons. The maximum atomic E-state index is 12.3. The molecule has 1 heterocycles. The first kappa shape index (κ1) is 25.1. The summed E-state index contributed by atoms with van der Waals surface area (Å²) in [6, 6.07) is 0. The molecule has 4 fully saturated rings. The molecule has 4 heteroatoms. The molecule has 1 spiro atoms. The predicted octanol–water partition coefficient (Wildman–Crippen LogP) is 7.03. The molecule has 4 saturated carbocycles.